The van der Waals surface area contributed by atoms with Crippen LogP contribution in [0.1, 0.15) is 18.1 Å². The van der Waals surface area contributed by atoms with Crippen molar-refractivity contribution in [2.45, 2.75) is 12.5 Å². The van der Waals surface area contributed by atoms with E-state index >= 15 is 0 Å². The van der Waals surface area contributed by atoms with Crippen molar-refractivity contribution in [2.75, 3.05) is 5.32 Å². The lowest BCUT2D eigenvalue weighted by molar-refractivity contribution is -0.124. The Labute approximate surface area is 194 Å². The van der Waals surface area contributed by atoms with Crippen molar-refractivity contribution in [3.8, 4) is 5.75 Å². The zero-order valence-electron chi connectivity index (χ0n) is 16.0. The molecule has 0 aliphatic heterocycles. The van der Waals surface area contributed by atoms with Crippen LogP contribution in [0.3, 0.4) is 0 Å². The number of hydrogen-bond acceptors (Lipinski definition) is 5. The van der Waals surface area contributed by atoms with Crippen LogP contribution in [0.25, 0.3) is 10.8 Å². The number of anilines is 1. The van der Waals surface area contributed by atoms with Crippen molar-refractivity contribution in [3.63, 3.8) is 0 Å². The van der Waals surface area contributed by atoms with E-state index in [-0.39, 0.29) is 12.2 Å². The van der Waals surface area contributed by atoms with E-state index in [0.29, 0.717) is 20.2 Å². The molecule has 1 atom stereocenters. The number of phenols is 1. The highest BCUT2D eigenvalue weighted by atomic mass is 79.9. The summed E-state index contributed by atoms with van der Waals surface area (Å²) in [5.74, 6) is -0.815. The number of benzene rings is 3. The zero-order valence-corrected chi connectivity index (χ0v) is 19.2. The third-order valence-electron chi connectivity index (χ3n) is 4.41. The summed E-state index contributed by atoms with van der Waals surface area (Å²) >= 11 is 6.62. The molecule has 31 heavy (non-hydrogen) atoms. The second-order valence-electron chi connectivity index (χ2n) is 6.49. The Morgan fingerprint density at radius 1 is 1.10 bits per heavy atom. The van der Waals surface area contributed by atoms with Gasteiger partial charge in [0.15, 0.2) is 0 Å². The highest BCUT2D eigenvalue weighted by molar-refractivity contribution is 9.11. The average molecular weight is 550 g/mol. The number of aromatic hydroxyl groups is 1. The minimum Gasteiger partial charge on any atom is -0.506 e. The smallest absolute Gasteiger partial charge is 0.412 e. The van der Waals surface area contributed by atoms with Crippen LogP contribution in [0.2, 0.25) is 0 Å². The van der Waals surface area contributed by atoms with Gasteiger partial charge in [-0.2, -0.15) is 0 Å². The summed E-state index contributed by atoms with van der Waals surface area (Å²) in [6.45, 7) is 0. The van der Waals surface area contributed by atoms with Crippen molar-refractivity contribution in [1.29, 1.82) is 0 Å². The molecule has 4 N–H and O–H groups in total. The Balaban J connectivity index is 1.86. The van der Waals surface area contributed by atoms with Gasteiger partial charge in [0.1, 0.15) is 11.9 Å². The minimum absolute atomic E-state index is 0.0762. The SMILES string of the molecule is O=C(/C=C/C[C@@H](OC(=O)Nc1cccc2ccccc12)c1cc(Br)cc(Br)c1O)NO. The van der Waals surface area contributed by atoms with E-state index in [1.165, 1.54) is 11.6 Å². The number of hydrogen-bond donors (Lipinski definition) is 4. The summed E-state index contributed by atoms with van der Waals surface area (Å²) in [6, 6.07) is 16.4. The third kappa shape index (κ3) is 5.84. The monoisotopic (exact) mass is 548 g/mol. The van der Waals surface area contributed by atoms with Gasteiger partial charge in [-0.15, -0.1) is 0 Å². The highest BCUT2D eigenvalue weighted by Crippen LogP contribution is 2.38. The topological polar surface area (TPSA) is 108 Å². The van der Waals surface area contributed by atoms with E-state index in [1.807, 2.05) is 36.4 Å². The maximum absolute atomic E-state index is 12.7. The van der Waals surface area contributed by atoms with Gasteiger partial charge >= 0.3 is 6.09 Å². The fourth-order valence-corrected chi connectivity index (χ4v) is 4.27. The summed E-state index contributed by atoms with van der Waals surface area (Å²) in [5, 5.41) is 23.6. The molecule has 0 radical (unpaired) electrons. The predicted molar refractivity (Wildman–Crippen MR) is 124 cm³/mol. The predicted octanol–water partition coefficient (Wildman–Crippen LogP) is 5.81. The van der Waals surface area contributed by atoms with E-state index < -0.39 is 18.1 Å². The molecule has 0 bridgehead atoms. The lowest BCUT2D eigenvalue weighted by Crippen LogP contribution is -2.18. The molecule has 0 fully saturated rings. The van der Waals surface area contributed by atoms with Gasteiger partial charge in [0.05, 0.1) is 10.2 Å². The molecule has 9 heteroatoms. The number of nitrogens with one attached hydrogen (secondary N) is 2. The number of ether oxygens (including phenoxy) is 1. The molecule has 0 heterocycles. The van der Waals surface area contributed by atoms with Crippen molar-refractivity contribution in [3.05, 3.63) is 81.3 Å². The van der Waals surface area contributed by atoms with E-state index in [4.69, 9.17) is 9.94 Å². The Morgan fingerprint density at radius 3 is 2.61 bits per heavy atom. The van der Waals surface area contributed by atoms with Gasteiger partial charge in [0, 0.05) is 27.9 Å². The first-order chi connectivity index (χ1) is 14.9. The molecule has 0 aromatic heterocycles. The molecule has 3 aromatic rings. The summed E-state index contributed by atoms with van der Waals surface area (Å²) in [5.41, 5.74) is 2.41. The first kappa shape index (κ1) is 22.8. The van der Waals surface area contributed by atoms with Gasteiger partial charge in [-0.05, 0) is 39.5 Å². The lowest BCUT2D eigenvalue weighted by Gasteiger charge is -2.20. The van der Waals surface area contributed by atoms with Crippen LogP contribution in [0.4, 0.5) is 10.5 Å². The third-order valence-corrected chi connectivity index (χ3v) is 5.47. The minimum atomic E-state index is -0.911. The van der Waals surface area contributed by atoms with Crippen molar-refractivity contribution < 1.29 is 24.6 Å². The number of halogens is 2. The Kier molecular flexibility index (Phi) is 7.67. The number of phenolic OH excluding ortho intramolecular Hbond substituents is 1. The zero-order chi connectivity index (χ0) is 22.4. The summed E-state index contributed by atoms with van der Waals surface area (Å²) in [7, 11) is 0. The Morgan fingerprint density at radius 2 is 1.84 bits per heavy atom. The number of carbonyl (C=O) groups excluding carboxylic acids is 2. The van der Waals surface area contributed by atoms with Crippen LogP contribution in [-0.4, -0.2) is 22.3 Å². The number of carbonyl (C=O) groups is 2. The summed E-state index contributed by atoms with van der Waals surface area (Å²) in [6.07, 6.45) is 0.967. The van der Waals surface area contributed by atoms with Crippen LogP contribution in [-0.2, 0) is 9.53 Å². The van der Waals surface area contributed by atoms with Gasteiger partial charge < -0.3 is 9.84 Å². The second kappa shape index (κ2) is 10.4. The van der Waals surface area contributed by atoms with Gasteiger partial charge in [-0.25, -0.2) is 10.3 Å². The van der Waals surface area contributed by atoms with Crippen molar-refractivity contribution in [1.82, 2.24) is 5.48 Å². The molecule has 3 rings (SSSR count). The van der Waals surface area contributed by atoms with E-state index in [2.05, 4.69) is 37.2 Å². The molecule has 0 saturated heterocycles. The van der Waals surface area contributed by atoms with Crippen LogP contribution >= 0.6 is 31.9 Å². The molecule has 0 saturated carbocycles. The summed E-state index contributed by atoms with van der Waals surface area (Å²) in [4.78, 5) is 24.0. The molecule has 0 aliphatic rings. The second-order valence-corrected chi connectivity index (χ2v) is 8.26. The number of rotatable bonds is 6. The number of hydroxylamine groups is 1. The molecular weight excluding hydrogens is 532 g/mol. The molecular formula is C22H18Br2N2O5. The van der Waals surface area contributed by atoms with Gasteiger partial charge in [-0.1, -0.05) is 58.4 Å². The molecule has 0 unspecified atom stereocenters. The first-order valence-electron chi connectivity index (χ1n) is 9.13. The molecule has 7 nitrogen and oxygen atoms in total. The van der Waals surface area contributed by atoms with Crippen molar-refractivity contribution >= 4 is 60.3 Å². The van der Waals surface area contributed by atoms with Gasteiger partial charge in [0.2, 0.25) is 0 Å². The maximum atomic E-state index is 12.7. The van der Waals surface area contributed by atoms with Gasteiger partial charge in [0.25, 0.3) is 5.91 Å². The largest absolute Gasteiger partial charge is 0.506 e. The Hall–Kier alpha value is -2.88. The molecule has 0 aliphatic carbocycles. The van der Waals surface area contributed by atoms with Crippen LogP contribution < -0.4 is 10.8 Å². The molecule has 2 amide bonds. The Bertz CT molecular complexity index is 1140. The summed E-state index contributed by atoms with van der Waals surface area (Å²) < 4.78 is 6.67. The quantitative estimate of drug-likeness (QED) is 0.176. The molecule has 3 aromatic carbocycles. The lowest BCUT2D eigenvalue weighted by atomic mass is 10.0. The molecule has 160 valence electrons. The van der Waals surface area contributed by atoms with E-state index in [9.17, 15) is 14.7 Å². The maximum Gasteiger partial charge on any atom is 0.412 e. The standard InChI is InChI=1S/C22H18Br2N2O5/c23-14-11-16(21(28)17(24)12-14)19(9-4-10-20(27)26-30)31-22(29)25-18-8-3-6-13-5-1-2-7-15(13)18/h1-8,10-12,19,28,30H,9H2,(H,25,29)(H,26,27)/b10-4+/t19-/m1/s1. The molecule has 0 spiro atoms. The van der Waals surface area contributed by atoms with Crippen LogP contribution in [0.15, 0.2) is 75.7 Å². The first-order valence-corrected chi connectivity index (χ1v) is 10.7. The number of fused-ring (bicyclic) bond motifs is 1. The average Bonchev–Trinajstić information content (AvgIpc) is 2.75. The highest BCUT2D eigenvalue weighted by Gasteiger charge is 2.22. The number of amides is 2. The fraction of sp³-hybridized carbons (Fsp3) is 0.0909. The van der Waals surface area contributed by atoms with E-state index in [0.717, 1.165) is 16.8 Å². The van der Waals surface area contributed by atoms with E-state index in [1.54, 1.807) is 18.2 Å². The fourth-order valence-electron chi connectivity index (χ4n) is 3.01. The van der Waals surface area contributed by atoms with Crippen molar-refractivity contribution in [2.24, 2.45) is 0 Å². The van der Waals surface area contributed by atoms with Gasteiger partial charge in [-0.3, -0.25) is 15.3 Å². The normalized spacial score (nSPS) is 12.0. The van der Waals surface area contributed by atoms with Crippen LogP contribution in [0.5, 0.6) is 5.75 Å². The van der Waals surface area contributed by atoms with Crippen LogP contribution in [0, 0.1) is 0 Å².